The maximum absolute atomic E-state index is 12.0. The molecule has 0 bridgehead atoms. The maximum Gasteiger partial charge on any atom is 0.508 e. The quantitative estimate of drug-likeness (QED) is 0.632. The third-order valence-corrected chi connectivity index (χ3v) is 4.00. The van der Waals surface area contributed by atoms with Gasteiger partial charge in [0.1, 0.15) is 11.4 Å². The average Bonchev–Trinajstić information content (AvgIpc) is 2.84. The molecule has 0 amide bonds. The first-order valence-electron chi connectivity index (χ1n) is 7.22. The summed E-state index contributed by atoms with van der Waals surface area (Å²) in [7, 11) is 0. The topological polar surface area (TPSA) is 61.8 Å². The van der Waals surface area contributed by atoms with Crippen LogP contribution in [-0.4, -0.2) is 24.3 Å². The molecule has 5 nitrogen and oxygen atoms in total. The molecular formula is C16H18O5. The Morgan fingerprint density at radius 3 is 2.95 bits per heavy atom. The van der Waals surface area contributed by atoms with E-state index in [1.54, 1.807) is 6.92 Å². The monoisotopic (exact) mass is 290 g/mol. The molecule has 1 aromatic rings. The zero-order chi connectivity index (χ0) is 14.9. The Balaban J connectivity index is 1.62. The van der Waals surface area contributed by atoms with Gasteiger partial charge in [-0.05, 0) is 49.4 Å². The number of fused-ring (bicyclic) bond motifs is 1. The van der Waals surface area contributed by atoms with Crippen LogP contribution in [0.25, 0.3) is 0 Å². The molecule has 0 N–H and O–H groups in total. The van der Waals surface area contributed by atoms with E-state index in [1.165, 1.54) is 11.1 Å². The number of aryl methyl sites for hydroxylation is 2. The van der Waals surface area contributed by atoms with Gasteiger partial charge in [0, 0.05) is 6.42 Å². The second-order valence-electron chi connectivity index (χ2n) is 5.84. The molecule has 1 aliphatic carbocycles. The lowest BCUT2D eigenvalue weighted by Crippen LogP contribution is -2.41. The van der Waals surface area contributed by atoms with E-state index in [2.05, 4.69) is 0 Å². The smallest absolute Gasteiger partial charge is 0.434 e. The highest BCUT2D eigenvalue weighted by Crippen LogP contribution is 2.28. The summed E-state index contributed by atoms with van der Waals surface area (Å²) in [6, 6.07) is 5.76. The third kappa shape index (κ3) is 3.17. The molecule has 0 spiro atoms. The third-order valence-electron chi connectivity index (χ3n) is 4.00. The molecule has 0 radical (unpaired) electrons. The van der Waals surface area contributed by atoms with Crippen molar-refractivity contribution in [1.29, 1.82) is 0 Å². The number of carbonyl (C=O) groups excluding carboxylic acids is 2. The lowest BCUT2D eigenvalue weighted by Gasteiger charge is -2.31. The van der Waals surface area contributed by atoms with Crippen LogP contribution >= 0.6 is 0 Å². The molecule has 3 rings (SSSR count). The number of ether oxygens (including phenoxy) is 3. The second-order valence-corrected chi connectivity index (χ2v) is 5.84. The zero-order valence-corrected chi connectivity index (χ0v) is 12.0. The minimum Gasteiger partial charge on any atom is -0.434 e. The van der Waals surface area contributed by atoms with Crippen molar-refractivity contribution in [2.24, 2.45) is 0 Å². The molecule has 1 fully saturated rings. The molecule has 0 aromatic heterocycles. The van der Waals surface area contributed by atoms with Crippen molar-refractivity contribution < 1.29 is 23.8 Å². The number of carbonyl (C=O) groups is 2. The Bertz CT molecular complexity index is 580. The van der Waals surface area contributed by atoms with Gasteiger partial charge in [0.2, 0.25) is 0 Å². The summed E-state index contributed by atoms with van der Waals surface area (Å²) in [6.45, 7) is 1.98. The normalized spacial score (nSPS) is 24.0. The predicted molar refractivity (Wildman–Crippen MR) is 74.2 cm³/mol. The molecule has 21 heavy (non-hydrogen) atoms. The van der Waals surface area contributed by atoms with E-state index in [0.29, 0.717) is 12.2 Å². The Morgan fingerprint density at radius 1 is 1.33 bits per heavy atom. The van der Waals surface area contributed by atoms with Crippen LogP contribution in [0.4, 0.5) is 4.79 Å². The average molecular weight is 290 g/mol. The molecule has 0 saturated carbocycles. The number of esters is 1. The molecule has 1 saturated heterocycles. The fourth-order valence-electron chi connectivity index (χ4n) is 2.84. The Morgan fingerprint density at radius 2 is 2.14 bits per heavy atom. The van der Waals surface area contributed by atoms with Gasteiger partial charge in [-0.15, -0.1) is 0 Å². The summed E-state index contributed by atoms with van der Waals surface area (Å²) < 4.78 is 15.2. The lowest BCUT2D eigenvalue weighted by atomic mass is 9.98. The Hall–Kier alpha value is -2.04. The molecular weight excluding hydrogens is 272 g/mol. The standard InChI is InChI=1S/C16H18O5/c1-16(7-8-19-15(18)21-16)10-14(17)20-13-6-5-11-3-2-4-12(11)9-13/h5-6,9H,2-4,7-8,10H2,1H3. The van der Waals surface area contributed by atoms with Crippen LogP contribution in [0, 0.1) is 0 Å². The van der Waals surface area contributed by atoms with Crippen LogP contribution in [0.2, 0.25) is 0 Å². The number of cyclic esters (lactones) is 2. The number of rotatable bonds is 3. The van der Waals surface area contributed by atoms with E-state index in [4.69, 9.17) is 14.2 Å². The molecule has 1 atom stereocenters. The van der Waals surface area contributed by atoms with Gasteiger partial charge in [0.05, 0.1) is 13.0 Å². The van der Waals surface area contributed by atoms with Gasteiger partial charge in [-0.3, -0.25) is 4.79 Å². The van der Waals surface area contributed by atoms with Gasteiger partial charge in [0.25, 0.3) is 0 Å². The van der Waals surface area contributed by atoms with Crippen molar-refractivity contribution >= 4 is 12.1 Å². The zero-order valence-electron chi connectivity index (χ0n) is 12.0. The van der Waals surface area contributed by atoms with Crippen LogP contribution in [0.1, 0.15) is 37.3 Å². The number of benzene rings is 1. The first-order valence-corrected chi connectivity index (χ1v) is 7.22. The van der Waals surface area contributed by atoms with Gasteiger partial charge >= 0.3 is 12.1 Å². The molecule has 1 heterocycles. The minimum atomic E-state index is -0.844. The van der Waals surface area contributed by atoms with Crippen LogP contribution < -0.4 is 4.74 Å². The van der Waals surface area contributed by atoms with E-state index < -0.39 is 17.7 Å². The van der Waals surface area contributed by atoms with E-state index in [0.717, 1.165) is 19.3 Å². The van der Waals surface area contributed by atoms with Gasteiger partial charge in [0.15, 0.2) is 0 Å². The van der Waals surface area contributed by atoms with Crippen molar-refractivity contribution in [3.8, 4) is 5.75 Å². The number of hydrogen-bond acceptors (Lipinski definition) is 5. The highest BCUT2D eigenvalue weighted by Gasteiger charge is 2.37. The summed E-state index contributed by atoms with van der Waals surface area (Å²) in [5.74, 6) is 0.160. The number of hydrogen-bond donors (Lipinski definition) is 0. The first-order chi connectivity index (χ1) is 10.0. The summed E-state index contributed by atoms with van der Waals surface area (Å²) in [6.07, 6.45) is 3.07. The largest absolute Gasteiger partial charge is 0.508 e. The van der Waals surface area contributed by atoms with Gasteiger partial charge < -0.3 is 14.2 Å². The van der Waals surface area contributed by atoms with Gasteiger partial charge in [-0.1, -0.05) is 6.07 Å². The SMILES string of the molecule is CC1(CC(=O)Oc2ccc3c(c2)CCC3)CCOC(=O)O1. The van der Waals surface area contributed by atoms with E-state index in [-0.39, 0.29) is 13.0 Å². The van der Waals surface area contributed by atoms with E-state index in [1.807, 2.05) is 18.2 Å². The Labute approximate surface area is 123 Å². The van der Waals surface area contributed by atoms with Crippen LogP contribution in [0.3, 0.4) is 0 Å². The van der Waals surface area contributed by atoms with Crippen LogP contribution in [0.15, 0.2) is 18.2 Å². The summed E-state index contributed by atoms with van der Waals surface area (Å²) in [5, 5.41) is 0. The van der Waals surface area contributed by atoms with E-state index in [9.17, 15) is 9.59 Å². The first kappa shape index (κ1) is 13.9. The fourth-order valence-corrected chi connectivity index (χ4v) is 2.84. The van der Waals surface area contributed by atoms with Crippen molar-refractivity contribution in [2.45, 2.75) is 44.6 Å². The van der Waals surface area contributed by atoms with Gasteiger partial charge in [-0.2, -0.15) is 0 Å². The van der Waals surface area contributed by atoms with Crippen LogP contribution in [-0.2, 0) is 27.1 Å². The molecule has 2 aliphatic rings. The minimum absolute atomic E-state index is 0.0270. The van der Waals surface area contributed by atoms with Crippen molar-refractivity contribution in [3.63, 3.8) is 0 Å². The highest BCUT2D eigenvalue weighted by molar-refractivity contribution is 5.74. The summed E-state index contributed by atoms with van der Waals surface area (Å²) in [4.78, 5) is 23.2. The molecule has 112 valence electrons. The summed E-state index contributed by atoms with van der Waals surface area (Å²) in [5.41, 5.74) is 1.74. The Kier molecular flexibility index (Phi) is 3.57. The molecule has 1 aromatic carbocycles. The van der Waals surface area contributed by atoms with Crippen molar-refractivity contribution in [2.75, 3.05) is 6.61 Å². The molecule has 5 heteroatoms. The van der Waals surface area contributed by atoms with Crippen molar-refractivity contribution in [1.82, 2.24) is 0 Å². The van der Waals surface area contributed by atoms with Gasteiger partial charge in [-0.25, -0.2) is 4.79 Å². The highest BCUT2D eigenvalue weighted by atomic mass is 16.7. The molecule has 1 aliphatic heterocycles. The summed E-state index contributed by atoms with van der Waals surface area (Å²) >= 11 is 0. The van der Waals surface area contributed by atoms with Crippen LogP contribution in [0.5, 0.6) is 5.75 Å². The van der Waals surface area contributed by atoms with E-state index >= 15 is 0 Å². The lowest BCUT2D eigenvalue weighted by molar-refractivity contribution is -0.143. The fraction of sp³-hybridized carbons (Fsp3) is 0.500. The predicted octanol–water partition coefficient (Wildman–Crippen LogP) is 2.79. The molecule has 1 unspecified atom stereocenters. The van der Waals surface area contributed by atoms with Crippen molar-refractivity contribution in [3.05, 3.63) is 29.3 Å². The second kappa shape index (κ2) is 5.39. The maximum atomic E-state index is 12.0.